The Morgan fingerprint density at radius 3 is 1.92 bits per heavy atom. The smallest absolute Gasteiger partial charge is 0.394 e. The van der Waals surface area contributed by atoms with Gasteiger partial charge in [0, 0.05) is 5.56 Å². The Labute approximate surface area is 146 Å². The summed E-state index contributed by atoms with van der Waals surface area (Å²) in [4.78, 5) is 0. The van der Waals surface area contributed by atoms with Gasteiger partial charge in [0.05, 0.1) is 24.3 Å². The average molecular weight is 370 g/mol. The molecule has 0 saturated heterocycles. The Morgan fingerprint density at radius 2 is 1.46 bits per heavy atom. The molecular weight excluding hydrogens is 355 g/mol. The summed E-state index contributed by atoms with van der Waals surface area (Å²) in [6, 6.07) is 9.01. The highest BCUT2D eigenvalue weighted by Gasteiger charge is 2.43. The highest BCUT2D eigenvalue weighted by Crippen LogP contribution is 2.35. The van der Waals surface area contributed by atoms with Gasteiger partial charge >= 0.3 is 12.1 Å². The summed E-state index contributed by atoms with van der Waals surface area (Å²) in [6.45, 7) is -0.536. The first-order valence-electron chi connectivity index (χ1n) is 7.57. The number of halogens is 5. The van der Waals surface area contributed by atoms with Crippen molar-refractivity contribution in [1.29, 1.82) is 5.26 Å². The molecule has 0 fully saturated rings. The number of hydrogen-bond acceptors (Lipinski definition) is 3. The summed E-state index contributed by atoms with van der Waals surface area (Å²) >= 11 is 0. The van der Waals surface area contributed by atoms with Gasteiger partial charge in [-0.1, -0.05) is 42.5 Å². The lowest BCUT2D eigenvalue weighted by Crippen LogP contribution is -2.44. The molecule has 2 atom stereocenters. The Hall–Kier alpha value is -2.50. The number of aliphatic hydroxyl groups is 1. The van der Waals surface area contributed by atoms with Crippen LogP contribution in [-0.2, 0) is 12.1 Å². The molecule has 26 heavy (non-hydrogen) atoms. The molecule has 2 aromatic carbocycles. The zero-order chi connectivity index (χ0) is 19.4. The predicted octanol–water partition coefficient (Wildman–Crippen LogP) is 4.01. The summed E-state index contributed by atoms with van der Waals surface area (Å²) in [6.07, 6.45) is -4.64. The molecule has 0 heterocycles. The Bertz CT molecular complexity index is 754. The Morgan fingerprint density at radius 1 is 0.923 bits per heavy atom. The molecular formula is C18H15F5N2O. The number of rotatable bonds is 6. The molecule has 2 unspecified atom stereocenters. The molecule has 0 spiro atoms. The number of benzene rings is 2. The van der Waals surface area contributed by atoms with Crippen molar-refractivity contribution in [3.63, 3.8) is 0 Å². The molecule has 0 aliphatic rings. The van der Waals surface area contributed by atoms with Crippen molar-refractivity contribution < 1.29 is 27.1 Å². The monoisotopic (exact) mass is 370 g/mol. The SMILES string of the molecule is N#CC(NC(CO)c1ccccc1)C(F)(F)c1ccc(C(F)(F)F)cc1. The molecule has 0 aliphatic heterocycles. The largest absolute Gasteiger partial charge is 0.416 e. The van der Waals surface area contributed by atoms with Gasteiger partial charge in [0.2, 0.25) is 0 Å². The van der Waals surface area contributed by atoms with E-state index in [1.165, 1.54) is 6.07 Å². The first-order valence-corrected chi connectivity index (χ1v) is 7.57. The quantitative estimate of drug-likeness (QED) is 0.756. The van der Waals surface area contributed by atoms with Crippen molar-refractivity contribution in [1.82, 2.24) is 5.32 Å². The lowest BCUT2D eigenvalue weighted by atomic mass is 9.98. The lowest BCUT2D eigenvalue weighted by molar-refractivity contribution is -0.137. The second kappa shape index (κ2) is 7.81. The van der Waals surface area contributed by atoms with E-state index in [9.17, 15) is 27.1 Å². The van der Waals surface area contributed by atoms with Crippen LogP contribution in [0.25, 0.3) is 0 Å². The number of nitrogens with one attached hydrogen (secondary N) is 1. The van der Waals surface area contributed by atoms with Crippen LogP contribution >= 0.6 is 0 Å². The van der Waals surface area contributed by atoms with Gasteiger partial charge in [-0.3, -0.25) is 5.32 Å². The molecule has 138 valence electrons. The zero-order valence-corrected chi connectivity index (χ0v) is 13.3. The highest BCUT2D eigenvalue weighted by atomic mass is 19.4. The van der Waals surface area contributed by atoms with E-state index in [-0.39, 0.29) is 0 Å². The van der Waals surface area contributed by atoms with E-state index < -0.39 is 41.9 Å². The topological polar surface area (TPSA) is 56.0 Å². The average Bonchev–Trinajstić information content (AvgIpc) is 2.62. The normalized spacial score (nSPS) is 14.5. The first-order chi connectivity index (χ1) is 12.2. The van der Waals surface area contributed by atoms with E-state index >= 15 is 0 Å². The van der Waals surface area contributed by atoms with E-state index in [0.29, 0.717) is 29.8 Å². The number of aliphatic hydroxyl groups excluding tert-OH is 1. The van der Waals surface area contributed by atoms with Gasteiger partial charge < -0.3 is 5.11 Å². The van der Waals surface area contributed by atoms with Crippen molar-refractivity contribution in [2.75, 3.05) is 6.61 Å². The number of nitriles is 1. The summed E-state index contributed by atoms with van der Waals surface area (Å²) in [5.41, 5.74) is -1.29. The van der Waals surface area contributed by atoms with E-state index in [4.69, 9.17) is 5.26 Å². The fourth-order valence-corrected chi connectivity index (χ4v) is 2.41. The molecule has 2 rings (SSSR count). The van der Waals surface area contributed by atoms with Crippen molar-refractivity contribution >= 4 is 0 Å². The van der Waals surface area contributed by atoms with Crippen LogP contribution in [0.5, 0.6) is 0 Å². The number of nitrogens with zero attached hydrogens (tertiary/aromatic N) is 1. The molecule has 2 N–H and O–H groups in total. The van der Waals surface area contributed by atoms with Crippen LogP contribution in [0.2, 0.25) is 0 Å². The van der Waals surface area contributed by atoms with Crippen LogP contribution in [0.3, 0.4) is 0 Å². The van der Waals surface area contributed by atoms with Crippen LogP contribution in [0.4, 0.5) is 22.0 Å². The first kappa shape index (κ1) is 19.8. The van der Waals surface area contributed by atoms with Crippen LogP contribution in [0, 0.1) is 11.3 Å². The van der Waals surface area contributed by atoms with E-state index in [0.717, 1.165) is 0 Å². The van der Waals surface area contributed by atoms with E-state index in [1.807, 2.05) is 0 Å². The van der Waals surface area contributed by atoms with Crippen molar-refractivity contribution in [3.8, 4) is 6.07 Å². The minimum Gasteiger partial charge on any atom is -0.394 e. The standard InChI is InChI=1S/C18H15F5N2O/c19-17(20,13-6-8-14(9-7-13)18(21,22)23)16(10-24)25-15(11-26)12-4-2-1-3-5-12/h1-9,15-16,25-26H,11H2. The van der Waals surface area contributed by atoms with Gasteiger partial charge in [-0.15, -0.1) is 0 Å². The third kappa shape index (κ3) is 4.36. The molecule has 0 radical (unpaired) electrons. The fraction of sp³-hybridized carbons (Fsp3) is 0.278. The van der Waals surface area contributed by atoms with Crippen molar-refractivity contribution in [2.45, 2.75) is 24.2 Å². The van der Waals surface area contributed by atoms with Gasteiger partial charge in [0.25, 0.3) is 0 Å². The van der Waals surface area contributed by atoms with Gasteiger partial charge in [-0.05, 0) is 17.7 Å². The maximum Gasteiger partial charge on any atom is 0.416 e. The Kier molecular flexibility index (Phi) is 5.95. The predicted molar refractivity (Wildman–Crippen MR) is 84.1 cm³/mol. The molecule has 0 amide bonds. The van der Waals surface area contributed by atoms with Gasteiger partial charge in [-0.25, -0.2) is 0 Å². The highest BCUT2D eigenvalue weighted by molar-refractivity contribution is 5.30. The Balaban J connectivity index is 2.26. The van der Waals surface area contributed by atoms with Gasteiger partial charge in [0.1, 0.15) is 0 Å². The molecule has 2 aromatic rings. The van der Waals surface area contributed by atoms with Crippen LogP contribution in [0.1, 0.15) is 22.7 Å². The third-order valence-corrected chi connectivity index (χ3v) is 3.84. The fourth-order valence-electron chi connectivity index (χ4n) is 2.41. The third-order valence-electron chi connectivity index (χ3n) is 3.84. The van der Waals surface area contributed by atoms with Crippen molar-refractivity contribution in [2.24, 2.45) is 0 Å². The minimum atomic E-state index is -4.64. The second-order valence-electron chi connectivity index (χ2n) is 5.57. The molecule has 0 aromatic heterocycles. The minimum absolute atomic E-state index is 0.499. The summed E-state index contributed by atoms with van der Waals surface area (Å²) < 4.78 is 66.9. The maximum atomic E-state index is 14.6. The number of hydrogen-bond donors (Lipinski definition) is 2. The van der Waals surface area contributed by atoms with Crippen molar-refractivity contribution in [3.05, 3.63) is 71.3 Å². The lowest BCUT2D eigenvalue weighted by Gasteiger charge is -2.27. The van der Waals surface area contributed by atoms with Crippen LogP contribution in [0.15, 0.2) is 54.6 Å². The molecule has 0 aliphatic carbocycles. The van der Waals surface area contributed by atoms with Gasteiger partial charge in [0.15, 0.2) is 6.04 Å². The molecule has 0 saturated carbocycles. The summed E-state index contributed by atoms with van der Waals surface area (Å²) in [5, 5.41) is 21.0. The van der Waals surface area contributed by atoms with Crippen LogP contribution < -0.4 is 5.32 Å². The maximum absolute atomic E-state index is 14.6. The van der Waals surface area contributed by atoms with Crippen LogP contribution in [-0.4, -0.2) is 17.8 Å². The number of alkyl halides is 5. The molecule has 0 bridgehead atoms. The zero-order valence-electron chi connectivity index (χ0n) is 13.3. The summed E-state index contributed by atoms with van der Waals surface area (Å²) in [7, 11) is 0. The molecule has 8 heteroatoms. The van der Waals surface area contributed by atoms with E-state index in [1.54, 1.807) is 30.3 Å². The molecule has 3 nitrogen and oxygen atoms in total. The van der Waals surface area contributed by atoms with Gasteiger partial charge in [-0.2, -0.15) is 27.2 Å². The summed E-state index contributed by atoms with van der Waals surface area (Å²) in [5.74, 6) is -3.76. The van der Waals surface area contributed by atoms with E-state index in [2.05, 4.69) is 5.32 Å². The second-order valence-corrected chi connectivity index (χ2v) is 5.57.